The maximum Gasteiger partial charge on any atom is 0.472 e. The van der Waals surface area contributed by atoms with Gasteiger partial charge in [-0.05, 0) is 49.4 Å². The highest BCUT2D eigenvalue weighted by Gasteiger charge is 2.30. The lowest BCUT2D eigenvalue weighted by Crippen LogP contribution is -2.30. The van der Waals surface area contributed by atoms with E-state index in [1.807, 2.05) is 0 Å². The highest BCUT2D eigenvalue weighted by molar-refractivity contribution is 7.47. The Kier molecular flexibility index (Phi) is 62.2. The van der Waals surface area contributed by atoms with E-state index in [1.165, 1.54) is 167 Å². The molecular formula is C74H144O17P2. The summed E-state index contributed by atoms with van der Waals surface area (Å²) in [6, 6.07) is 0. The van der Waals surface area contributed by atoms with Crippen LogP contribution in [0.5, 0.6) is 0 Å². The van der Waals surface area contributed by atoms with Crippen LogP contribution in [0.4, 0.5) is 0 Å². The molecule has 0 saturated carbocycles. The largest absolute Gasteiger partial charge is 0.472 e. The Morgan fingerprint density at radius 1 is 0.301 bits per heavy atom. The van der Waals surface area contributed by atoms with E-state index in [1.54, 1.807) is 0 Å². The van der Waals surface area contributed by atoms with Crippen molar-refractivity contribution in [3.8, 4) is 0 Å². The molecule has 0 bridgehead atoms. The quantitative estimate of drug-likeness (QED) is 0.0222. The predicted molar refractivity (Wildman–Crippen MR) is 377 cm³/mol. The lowest BCUT2D eigenvalue weighted by Gasteiger charge is -2.21. The van der Waals surface area contributed by atoms with Crippen molar-refractivity contribution in [2.75, 3.05) is 39.6 Å². The van der Waals surface area contributed by atoms with Crippen molar-refractivity contribution in [2.45, 2.75) is 388 Å². The average molecular weight is 1370 g/mol. The van der Waals surface area contributed by atoms with E-state index in [-0.39, 0.29) is 25.7 Å². The molecule has 552 valence electrons. The molecule has 3 N–H and O–H groups in total. The lowest BCUT2D eigenvalue weighted by molar-refractivity contribution is -0.161. The summed E-state index contributed by atoms with van der Waals surface area (Å²) in [5, 5.41) is 10.6. The third-order valence-electron chi connectivity index (χ3n) is 17.4. The Morgan fingerprint density at radius 3 is 0.763 bits per heavy atom. The molecule has 17 nitrogen and oxygen atoms in total. The second-order valence-electron chi connectivity index (χ2n) is 28.4. The number of hydrogen-bond donors (Lipinski definition) is 3. The number of hydrogen-bond acceptors (Lipinski definition) is 15. The number of aliphatic hydroxyl groups excluding tert-OH is 1. The summed E-state index contributed by atoms with van der Waals surface area (Å²) in [7, 11) is -9.91. The highest BCUT2D eigenvalue weighted by atomic mass is 31.2. The molecule has 0 spiro atoms. The molecule has 4 unspecified atom stereocenters. The van der Waals surface area contributed by atoms with Crippen molar-refractivity contribution < 1.29 is 80.2 Å². The van der Waals surface area contributed by atoms with Crippen molar-refractivity contribution in [3.05, 3.63) is 0 Å². The molecule has 19 heteroatoms. The molecule has 0 aliphatic rings. The second kappa shape index (κ2) is 63.5. The first-order valence-electron chi connectivity index (χ1n) is 38.2. The van der Waals surface area contributed by atoms with Gasteiger partial charge in [0.05, 0.1) is 26.4 Å². The number of aliphatic hydroxyl groups is 1. The van der Waals surface area contributed by atoms with E-state index >= 15 is 0 Å². The Labute approximate surface area is 568 Å². The van der Waals surface area contributed by atoms with Crippen molar-refractivity contribution >= 4 is 39.5 Å². The zero-order valence-corrected chi connectivity index (χ0v) is 62.7. The minimum atomic E-state index is -4.96. The molecule has 0 aliphatic heterocycles. The van der Waals surface area contributed by atoms with Gasteiger partial charge in [-0.3, -0.25) is 37.3 Å². The number of phosphoric ester groups is 2. The van der Waals surface area contributed by atoms with E-state index in [0.717, 1.165) is 114 Å². The first kappa shape index (κ1) is 91.1. The summed E-state index contributed by atoms with van der Waals surface area (Å²) in [6.45, 7) is 14.1. The molecule has 0 aromatic carbocycles. The summed E-state index contributed by atoms with van der Waals surface area (Å²) >= 11 is 0. The number of unbranched alkanes of at least 4 members (excludes halogenated alkanes) is 36. The molecule has 0 aliphatic carbocycles. The fourth-order valence-corrected chi connectivity index (χ4v) is 12.7. The van der Waals surface area contributed by atoms with Crippen LogP contribution < -0.4 is 0 Å². The lowest BCUT2D eigenvalue weighted by atomic mass is 10.00. The van der Waals surface area contributed by atoms with Crippen LogP contribution in [0.15, 0.2) is 0 Å². The molecule has 0 saturated heterocycles. The van der Waals surface area contributed by atoms with Gasteiger partial charge in [0.1, 0.15) is 19.3 Å². The number of carbonyl (C=O) groups is 4. The van der Waals surface area contributed by atoms with Crippen LogP contribution in [-0.4, -0.2) is 96.7 Å². The first-order valence-corrected chi connectivity index (χ1v) is 41.2. The van der Waals surface area contributed by atoms with Gasteiger partial charge in [-0.2, -0.15) is 0 Å². The summed E-state index contributed by atoms with van der Waals surface area (Å²) in [5.41, 5.74) is 0. The van der Waals surface area contributed by atoms with E-state index < -0.39 is 97.5 Å². The zero-order valence-electron chi connectivity index (χ0n) is 60.9. The number of carbonyl (C=O) groups excluding carboxylic acids is 4. The molecule has 0 heterocycles. The third kappa shape index (κ3) is 67.0. The third-order valence-corrected chi connectivity index (χ3v) is 19.3. The smallest absolute Gasteiger partial charge is 0.462 e. The molecular weight excluding hydrogens is 1220 g/mol. The minimum absolute atomic E-state index is 0.102. The van der Waals surface area contributed by atoms with Crippen LogP contribution >= 0.6 is 15.6 Å². The summed E-state index contributed by atoms with van der Waals surface area (Å²) in [5.74, 6) is 0.861. The monoisotopic (exact) mass is 1370 g/mol. The van der Waals surface area contributed by atoms with Gasteiger partial charge >= 0.3 is 39.5 Å². The second-order valence-corrected chi connectivity index (χ2v) is 31.3. The SMILES string of the molecule is CCC(C)CCCCCCCCC(=O)O[C@H](COC(=O)CCCCCCCCCC(C)C)COP(=O)(O)OCC(O)COP(=O)(O)OC[C@@H](COC(=O)CCCCCCCCCCCC(C)C)OC(=O)CCCCCCCCCCCCCCCCCCCCC(C)C. The van der Waals surface area contributed by atoms with Crippen molar-refractivity contribution in [2.24, 2.45) is 23.7 Å². The Balaban J connectivity index is 5.19. The zero-order chi connectivity index (χ0) is 68.9. The first-order chi connectivity index (χ1) is 44.6. The molecule has 93 heavy (non-hydrogen) atoms. The van der Waals surface area contributed by atoms with Crippen molar-refractivity contribution in [1.29, 1.82) is 0 Å². The maximum atomic E-state index is 13.1. The number of esters is 4. The summed E-state index contributed by atoms with van der Waals surface area (Å²) in [6.07, 6.45) is 47.5. The van der Waals surface area contributed by atoms with E-state index in [2.05, 4.69) is 55.4 Å². The van der Waals surface area contributed by atoms with Crippen LogP contribution in [0.1, 0.15) is 370 Å². The van der Waals surface area contributed by atoms with Gasteiger partial charge in [-0.1, -0.05) is 319 Å². The van der Waals surface area contributed by atoms with Crippen molar-refractivity contribution in [3.63, 3.8) is 0 Å². The van der Waals surface area contributed by atoms with Gasteiger partial charge in [0, 0.05) is 25.7 Å². The fourth-order valence-electron chi connectivity index (χ4n) is 11.2. The van der Waals surface area contributed by atoms with Crippen LogP contribution in [0.25, 0.3) is 0 Å². The molecule has 0 fully saturated rings. The maximum absolute atomic E-state index is 13.1. The van der Waals surface area contributed by atoms with E-state index in [4.69, 9.17) is 37.0 Å². The minimum Gasteiger partial charge on any atom is -0.462 e. The van der Waals surface area contributed by atoms with E-state index in [9.17, 15) is 43.2 Å². The van der Waals surface area contributed by atoms with Gasteiger partial charge in [-0.25, -0.2) is 9.13 Å². The molecule has 0 rings (SSSR count). The summed E-state index contributed by atoms with van der Waals surface area (Å²) in [4.78, 5) is 72.6. The van der Waals surface area contributed by atoms with Gasteiger partial charge in [0.15, 0.2) is 12.2 Å². The number of ether oxygens (including phenoxy) is 4. The number of rotatable bonds is 71. The molecule has 0 aromatic rings. The summed E-state index contributed by atoms with van der Waals surface area (Å²) < 4.78 is 68.4. The topological polar surface area (TPSA) is 237 Å². The van der Waals surface area contributed by atoms with Crippen LogP contribution in [0.2, 0.25) is 0 Å². The van der Waals surface area contributed by atoms with E-state index in [0.29, 0.717) is 31.6 Å². The van der Waals surface area contributed by atoms with Gasteiger partial charge in [-0.15, -0.1) is 0 Å². The van der Waals surface area contributed by atoms with Crippen LogP contribution in [0, 0.1) is 23.7 Å². The average Bonchev–Trinajstić information content (AvgIpc) is 2.24. The molecule has 0 amide bonds. The van der Waals surface area contributed by atoms with Gasteiger partial charge < -0.3 is 33.8 Å². The molecule has 0 aromatic heterocycles. The predicted octanol–water partition coefficient (Wildman–Crippen LogP) is 21.3. The van der Waals surface area contributed by atoms with Crippen LogP contribution in [-0.2, 0) is 65.4 Å². The van der Waals surface area contributed by atoms with Gasteiger partial charge in [0.25, 0.3) is 0 Å². The van der Waals surface area contributed by atoms with Crippen molar-refractivity contribution in [1.82, 2.24) is 0 Å². The van der Waals surface area contributed by atoms with Crippen LogP contribution in [0.3, 0.4) is 0 Å². The molecule has 6 atom stereocenters. The molecule has 0 radical (unpaired) electrons. The Hall–Kier alpha value is -1.94. The number of phosphoric acid groups is 2. The Bertz CT molecular complexity index is 1840. The fraction of sp³-hybridized carbons (Fsp3) is 0.946. The Morgan fingerprint density at radius 2 is 0.516 bits per heavy atom. The van der Waals surface area contributed by atoms with Gasteiger partial charge in [0.2, 0.25) is 0 Å². The normalized spacial score (nSPS) is 14.5. The highest BCUT2D eigenvalue weighted by Crippen LogP contribution is 2.45. The standard InChI is InChI=1S/C74H144O17P2/c1-9-67(8)53-45-37-32-33-41-49-57-74(79)91-70(61-85-72(77)55-47-39-31-25-28-36-44-52-66(6)7)63-89-93(82,83)87-59-68(75)58-86-92(80,81)88-62-69(60-84-71(76)54-46-38-29-24-20-22-27-35-43-51-65(4)5)90-73(78)56-48-40-30-23-19-17-15-13-11-10-12-14-16-18-21-26-34-42-50-64(2)3/h64-70,75H,9-63H2,1-8H3,(H,80,81)(H,82,83)/t67?,68?,69-,70-/m1/s1.